The molecule has 202 valence electrons. The molecule has 1 fully saturated rings. The number of nitrogens with one attached hydrogen (secondary N) is 3. The van der Waals surface area contributed by atoms with Crippen molar-refractivity contribution in [2.24, 2.45) is 5.92 Å². The Balaban J connectivity index is 1.17. The number of piperidine rings is 1. The fourth-order valence-electron chi connectivity index (χ4n) is 5.84. The fourth-order valence-corrected chi connectivity index (χ4v) is 5.84. The first-order valence-electron chi connectivity index (χ1n) is 14.1. The van der Waals surface area contributed by atoms with Crippen LogP contribution in [0.25, 0.3) is 10.8 Å². The zero-order valence-corrected chi connectivity index (χ0v) is 22.7. The van der Waals surface area contributed by atoms with E-state index in [0.717, 1.165) is 60.9 Å². The van der Waals surface area contributed by atoms with Crippen molar-refractivity contribution in [3.8, 4) is 5.75 Å². The third-order valence-corrected chi connectivity index (χ3v) is 7.92. The number of hydrogen-bond donors (Lipinski definition) is 3. The van der Waals surface area contributed by atoms with E-state index in [1.807, 2.05) is 48.5 Å². The van der Waals surface area contributed by atoms with Crippen molar-refractivity contribution in [3.05, 3.63) is 114 Å². The number of methoxy groups -OCH3 is 1. The van der Waals surface area contributed by atoms with Gasteiger partial charge in [0.05, 0.1) is 7.11 Å². The number of fused-ring (bicyclic) bond motifs is 1. The number of hydrogen-bond acceptors (Lipinski definition) is 4. The fraction of sp³-hybridized carbons (Fsp3) is 0.324. The third-order valence-electron chi connectivity index (χ3n) is 7.92. The first kappa shape index (κ1) is 26.9. The van der Waals surface area contributed by atoms with Crippen LogP contribution in [0.4, 0.5) is 0 Å². The molecule has 0 saturated carbocycles. The SMILES string of the molecule is COc1ccccc1CNC1C(CCCCNC(=O)c2ccc3ccccc3c2)CCNC1c1ccccc1. The number of para-hydroxylation sites is 1. The van der Waals surface area contributed by atoms with Gasteiger partial charge in [0.2, 0.25) is 0 Å². The molecule has 1 heterocycles. The lowest BCUT2D eigenvalue weighted by atomic mass is 9.80. The smallest absolute Gasteiger partial charge is 0.251 e. The van der Waals surface area contributed by atoms with E-state index in [0.29, 0.717) is 18.5 Å². The summed E-state index contributed by atoms with van der Waals surface area (Å²) < 4.78 is 5.60. The van der Waals surface area contributed by atoms with E-state index >= 15 is 0 Å². The summed E-state index contributed by atoms with van der Waals surface area (Å²) in [5.41, 5.74) is 3.22. The zero-order valence-electron chi connectivity index (χ0n) is 22.7. The average Bonchev–Trinajstić information content (AvgIpc) is 3.00. The molecule has 0 bridgehead atoms. The molecule has 0 spiro atoms. The Hall–Kier alpha value is -3.67. The van der Waals surface area contributed by atoms with E-state index in [4.69, 9.17) is 4.74 Å². The molecule has 4 aromatic rings. The van der Waals surface area contributed by atoms with E-state index in [1.165, 1.54) is 11.1 Å². The number of ether oxygens (including phenoxy) is 1. The lowest BCUT2D eigenvalue weighted by molar-refractivity contribution is 0.0952. The Labute approximate surface area is 232 Å². The Morgan fingerprint density at radius 2 is 1.67 bits per heavy atom. The summed E-state index contributed by atoms with van der Waals surface area (Å²) in [6.07, 6.45) is 4.31. The normalized spacial score (nSPS) is 19.1. The third kappa shape index (κ3) is 6.86. The van der Waals surface area contributed by atoms with Crippen LogP contribution in [0, 0.1) is 5.92 Å². The summed E-state index contributed by atoms with van der Waals surface area (Å²) in [6, 6.07) is 33.6. The monoisotopic (exact) mass is 521 g/mol. The molecule has 3 atom stereocenters. The molecule has 4 aromatic carbocycles. The molecule has 39 heavy (non-hydrogen) atoms. The molecule has 5 nitrogen and oxygen atoms in total. The minimum absolute atomic E-state index is 0.00288. The van der Waals surface area contributed by atoms with Gasteiger partial charge in [-0.25, -0.2) is 0 Å². The highest BCUT2D eigenvalue weighted by molar-refractivity contribution is 5.98. The molecule has 5 rings (SSSR count). The molecule has 1 aliphatic heterocycles. The predicted octanol–water partition coefficient (Wildman–Crippen LogP) is 6.26. The molecule has 0 aliphatic carbocycles. The summed E-state index contributed by atoms with van der Waals surface area (Å²) in [7, 11) is 1.73. The van der Waals surface area contributed by atoms with Gasteiger partial charge in [-0.15, -0.1) is 0 Å². The van der Waals surface area contributed by atoms with Gasteiger partial charge >= 0.3 is 0 Å². The topological polar surface area (TPSA) is 62.4 Å². The van der Waals surface area contributed by atoms with Crippen LogP contribution in [0.3, 0.4) is 0 Å². The summed E-state index contributed by atoms with van der Waals surface area (Å²) in [5, 5.41) is 13.0. The van der Waals surface area contributed by atoms with Gasteiger partial charge in [0.15, 0.2) is 0 Å². The van der Waals surface area contributed by atoms with Crippen LogP contribution in [0.2, 0.25) is 0 Å². The number of carbonyl (C=O) groups is 1. The van der Waals surface area contributed by atoms with Gasteiger partial charge in [0.1, 0.15) is 5.75 Å². The van der Waals surface area contributed by atoms with Crippen LogP contribution in [0.5, 0.6) is 5.75 Å². The summed E-state index contributed by atoms with van der Waals surface area (Å²) >= 11 is 0. The molecule has 1 aliphatic rings. The van der Waals surface area contributed by atoms with Crippen LogP contribution in [0.1, 0.15) is 53.2 Å². The minimum atomic E-state index is 0.00288. The molecule has 1 saturated heterocycles. The van der Waals surface area contributed by atoms with Crippen LogP contribution < -0.4 is 20.7 Å². The van der Waals surface area contributed by atoms with Gasteiger partial charge in [-0.05, 0) is 66.3 Å². The maximum absolute atomic E-state index is 12.7. The van der Waals surface area contributed by atoms with Gasteiger partial charge in [-0.3, -0.25) is 4.79 Å². The van der Waals surface area contributed by atoms with E-state index < -0.39 is 0 Å². The Morgan fingerprint density at radius 1 is 0.897 bits per heavy atom. The first-order valence-corrected chi connectivity index (χ1v) is 14.1. The van der Waals surface area contributed by atoms with E-state index in [1.54, 1.807) is 7.11 Å². The summed E-state index contributed by atoms with van der Waals surface area (Å²) in [5.74, 6) is 1.47. The van der Waals surface area contributed by atoms with E-state index in [-0.39, 0.29) is 11.9 Å². The molecule has 3 unspecified atom stereocenters. The maximum Gasteiger partial charge on any atom is 0.251 e. The van der Waals surface area contributed by atoms with E-state index in [2.05, 4.69) is 64.5 Å². The largest absolute Gasteiger partial charge is 0.496 e. The van der Waals surface area contributed by atoms with Crippen LogP contribution in [0.15, 0.2) is 97.1 Å². The van der Waals surface area contributed by atoms with Crippen molar-refractivity contribution >= 4 is 16.7 Å². The Bertz CT molecular complexity index is 1360. The molecule has 1 amide bonds. The number of unbranched alkanes of at least 4 members (excludes halogenated alkanes) is 1. The molecule has 0 radical (unpaired) electrons. The van der Waals surface area contributed by atoms with Gasteiger partial charge in [0.25, 0.3) is 5.91 Å². The highest BCUT2D eigenvalue weighted by atomic mass is 16.5. The van der Waals surface area contributed by atoms with Crippen LogP contribution in [-0.4, -0.2) is 32.1 Å². The summed E-state index contributed by atoms with van der Waals surface area (Å²) in [4.78, 5) is 12.7. The average molecular weight is 522 g/mol. The molecule has 3 N–H and O–H groups in total. The molecule has 5 heteroatoms. The second kappa shape index (κ2) is 13.4. The number of rotatable bonds is 11. The van der Waals surface area contributed by atoms with Crippen molar-refractivity contribution in [3.63, 3.8) is 0 Å². The van der Waals surface area contributed by atoms with Gasteiger partial charge in [-0.2, -0.15) is 0 Å². The predicted molar refractivity (Wildman–Crippen MR) is 159 cm³/mol. The van der Waals surface area contributed by atoms with Crippen molar-refractivity contribution < 1.29 is 9.53 Å². The zero-order chi connectivity index (χ0) is 26.9. The standard InChI is InChI=1S/C34H39N3O2/c1-39-31-17-8-7-16-30(31)24-37-33-27(20-22-35-32(33)26-12-3-2-4-13-26)14-9-10-21-36-34(38)29-19-18-25-11-5-6-15-28(25)23-29/h2-8,11-13,15-19,23,27,32-33,35,37H,9-10,14,20-22,24H2,1H3,(H,36,38). The lowest BCUT2D eigenvalue weighted by Crippen LogP contribution is -2.51. The molecule has 0 aromatic heterocycles. The van der Waals surface area contributed by atoms with Gasteiger partial charge < -0.3 is 20.7 Å². The highest BCUT2D eigenvalue weighted by Gasteiger charge is 2.33. The highest BCUT2D eigenvalue weighted by Crippen LogP contribution is 2.32. The second-order valence-corrected chi connectivity index (χ2v) is 10.4. The molecular weight excluding hydrogens is 482 g/mol. The van der Waals surface area contributed by atoms with Crippen molar-refractivity contribution in [2.45, 2.75) is 44.3 Å². The van der Waals surface area contributed by atoms with Crippen LogP contribution >= 0.6 is 0 Å². The van der Waals surface area contributed by atoms with E-state index in [9.17, 15) is 4.79 Å². The van der Waals surface area contributed by atoms with Crippen molar-refractivity contribution in [1.29, 1.82) is 0 Å². The van der Waals surface area contributed by atoms with Crippen LogP contribution in [-0.2, 0) is 6.54 Å². The number of amides is 1. The number of carbonyl (C=O) groups excluding carboxylic acids is 1. The summed E-state index contributed by atoms with van der Waals surface area (Å²) in [6.45, 7) is 2.46. The molecular formula is C34H39N3O2. The van der Waals surface area contributed by atoms with Crippen molar-refractivity contribution in [1.82, 2.24) is 16.0 Å². The lowest BCUT2D eigenvalue weighted by Gasteiger charge is -2.40. The minimum Gasteiger partial charge on any atom is -0.496 e. The quantitative estimate of drug-likeness (QED) is 0.204. The maximum atomic E-state index is 12.7. The Morgan fingerprint density at radius 3 is 2.51 bits per heavy atom. The first-order chi connectivity index (χ1) is 19.2. The van der Waals surface area contributed by atoms with Gasteiger partial charge in [0, 0.05) is 36.3 Å². The van der Waals surface area contributed by atoms with Gasteiger partial charge in [-0.1, -0.05) is 85.3 Å². The van der Waals surface area contributed by atoms with Crippen molar-refractivity contribution in [2.75, 3.05) is 20.2 Å². The number of benzene rings is 4. The Kier molecular flexibility index (Phi) is 9.26. The second-order valence-electron chi connectivity index (χ2n) is 10.4.